The summed E-state index contributed by atoms with van der Waals surface area (Å²) in [6.45, 7) is 0.763. The van der Waals surface area contributed by atoms with Crippen molar-refractivity contribution in [3.63, 3.8) is 0 Å². The number of hydrogen-bond donors (Lipinski definition) is 2. The number of aliphatic carboxylic acids is 1. The van der Waals surface area contributed by atoms with Crippen LogP contribution in [0.5, 0.6) is 0 Å². The standard InChI is InChI=1S/C9H15NO3/c10-7(8(11)12)9(3-4-9)6-2-1-5-13-6/h6-7H,1-5,10H2,(H,11,12). The quantitative estimate of drug-likeness (QED) is 0.665. The average Bonchev–Trinajstić information content (AvgIpc) is 2.72. The van der Waals surface area contributed by atoms with Gasteiger partial charge in [-0.1, -0.05) is 0 Å². The van der Waals surface area contributed by atoms with Crippen LogP contribution in [0.4, 0.5) is 0 Å². The molecule has 1 aliphatic carbocycles. The zero-order valence-electron chi connectivity index (χ0n) is 7.53. The molecule has 2 aliphatic rings. The van der Waals surface area contributed by atoms with E-state index in [0.29, 0.717) is 0 Å². The largest absolute Gasteiger partial charge is 0.480 e. The van der Waals surface area contributed by atoms with Crippen LogP contribution in [-0.2, 0) is 9.53 Å². The van der Waals surface area contributed by atoms with E-state index in [2.05, 4.69) is 0 Å². The van der Waals surface area contributed by atoms with Gasteiger partial charge in [-0.3, -0.25) is 4.79 Å². The fraction of sp³-hybridized carbons (Fsp3) is 0.889. The summed E-state index contributed by atoms with van der Waals surface area (Å²) < 4.78 is 5.51. The lowest BCUT2D eigenvalue weighted by Gasteiger charge is -2.25. The highest BCUT2D eigenvalue weighted by Crippen LogP contribution is 2.54. The van der Waals surface area contributed by atoms with Crippen molar-refractivity contribution in [1.29, 1.82) is 0 Å². The van der Waals surface area contributed by atoms with Crippen molar-refractivity contribution in [2.45, 2.75) is 37.8 Å². The number of rotatable bonds is 3. The molecule has 2 unspecified atom stereocenters. The molecule has 2 fully saturated rings. The maximum Gasteiger partial charge on any atom is 0.321 e. The third-order valence-electron chi connectivity index (χ3n) is 3.28. The van der Waals surface area contributed by atoms with Crippen LogP contribution in [-0.4, -0.2) is 29.8 Å². The van der Waals surface area contributed by atoms with Crippen LogP contribution in [0, 0.1) is 5.41 Å². The van der Waals surface area contributed by atoms with Gasteiger partial charge in [-0.2, -0.15) is 0 Å². The van der Waals surface area contributed by atoms with Crippen molar-refractivity contribution < 1.29 is 14.6 Å². The number of nitrogens with two attached hydrogens (primary N) is 1. The van der Waals surface area contributed by atoms with Gasteiger partial charge in [-0.15, -0.1) is 0 Å². The van der Waals surface area contributed by atoms with Crippen molar-refractivity contribution in [3.05, 3.63) is 0 Å². The van der Waals surface area contributed by atoms with Crippen LogP contribution in [0.15, 0.2) is 0 Å². The van der Waals surface area contributed by atoms with Crippen LogP contribution >= 0.6 is 0 Å². The monoisotopic (exact) mass is 185 g/mol. The number of hydrogen-bond acceptors (Lipinski definition) is 3. The van der Waals surface area contributed by atoms with Crippen LogP contribution < -0.4 is 5.73 Å². The molecule has 1 aliphatic heterocycles. The second-order valence-electron chi connectivity index (χ2n) is 4.05. The number of ether oxygens (including phenoxy) is 1. The Morgan fingerprint density at radius 2 is 2.31 bits per heavy atom. The molecule has 3 N–H and O–H groups in total. The van der Waals surface area contributed by atoms with E-state index >= 15 is 0 Å². The Morgan fingerprint density at radius 1 is 1.62 bits per heavy atom. The Bertz CT molecular complexity index is 219. The third kappa shape index (κ3) is 1.34. The first-order valence-electron chi connectivity index (χ1n) is 4.77. The smallest absolute Gasteiger partial charge is 0.321 e. The van der Waals surface area contributed by atoms with Gasteiger partial charge in [0.15, 0.2) is 0 Å². The van der Waals surface area contributed by atoms with Crippen molar-refractivity contribution in [1.82, 2.24) is 0 Å². The summed E-state index contributed by atoms with van der Waals surface area (Å²) in [7, 11) is 0. The molecule has 0 radical (unpaired) electrons. The second-order valence-corrected chi connectivity index (χ2v) is 4.05. The van der Waals surface area contributed by atoms with Gasteiger partial charge in [-0.05, 0) is 25.7 Å². The predicted molar refractivity (Wildman–Crippen MR) is 46.3 cm³/mol. The molecule has 0 aromatic rings. The van der Waals surface area contributed by atoms with Gasteiger partial charge in [0.25, 0.3) is 0 Å². The lowest BCUT2D eigenvalue weighted by Crippen LogP contribution is -2.45. The first kappa shape index (κ1) is 8.97. The Hall–Kier alpha value is -0.610. The van der Waals surface area contributed by atoms with E-state index in [1.54, 1.807) is 0 Å². The molecule has 2 rings (SSSR count). The fourth-order valence-electron chi connectivity index (χ4n) is 2.25. The van der Waals surface area contributed by atoms with E-state index in [9.17, 15) is 4.79 Å². The van der Waals surface area contributed by atoms with Gasteiger partial charge in [0.2, 0.25) is 0 Å². The van der Waals surface area contributed by atoms with Gasteiger partial charge in [0.05, 0.1) is 6.10 Å². The lowest BCUT2D eigenvalue weighted by molar-refractivity contribution is -0.142. The molecular weight excluding hydrogens is 170 g/mol. The Kier molecular flexibility index (Phi) is 2.04. The molecule has 0 aromatic heterocycles. The zero-order valence-corrected chi connectivity index (χ0v) is 7.53. The fourth-order valence-corrected chi connectivity index (χ4v) is 2.25. The highest BCUT2D eigenvalue weighted by atomic mass is 16.5. The summed E-state index contributed by atoms with van der Waals surface area (Å²) in [4.78, 5) is 10.8. The molecule has 4 heteroatoms. The number of carboxylic acids is 1. The SMILES string of the molecule is NC(C(=O)O)C1(C2CCCO2)CC1. The Balaban J connectivity index is 2.06. The molecule has 0 aromatic carbocycles. The minimum Gasteiger partial charge on any atom is -0.480 e. The third-order valence-corrected chi connectivity index (χ3v) is 3.28. The maximum absolute atomic E-state index is 10.8. The molecule has 0 amide bonds. The van der Waals surface area contributed by atoms with Crippen LogP contribution in [0.25, 0.3) is 0 Å². The van der Waals surface area contributed by atoms with E-state index < -0.39 is 12.0 Å². The first-order chi connectivity index (χ1) is 6.17. The van der Waals surface area contributed by atoms with Crippen molar-refractivity contribution in [2.75, 3.05) is 6.61 Å². The molecule has 4 nitrogen and oxygen atoms in total. The minimum atomic E-state index is -0.895. The summed E-state index contributed by atoms with van der Waals surface area (Å²) in [6, 6.07) is -0.740. The topological polar surface area (TPSA) is 72.6 Å². The summed E-state index contributed by atoms with van der Waals surface area (Å²) >= 11 is 0. The molecule has 1 heterocycles. The number of carbonyl (C=O) groups is 1. The molecule has 13 heavy (non-hydrogen) atoms. The Morgan fingerprint density at radius 3 is 2.69 bits per heavy atom. The van der Waals surface area contributed by atoms with E-state index in [-0.39, 0.29) is 11.5 Å². The van der Waals surface area contributed by atoms with Gasteiger partial charge >= 0.3 is 5.97 Å². The first-order valence-corrected chi connectivity index (χ1v) is 4.77. The van der Waals surface area contributed by atoms with E-state index in [0.717, 1.165) is 32.3 Å². The summed E-state index contributed by atoms with van der Waals surface area (Å²) in [5, 5.41) is 8.84. The van der Waals surface area contributed by atoms with Crippen molar-refractivity contribution in [2.24, 2.45) is 11.1 Å². The second kappa shape index (κ2) is 2.96. The molecule has 2 atom stereocenters. The van der Waals surface area contributed by atoms with Gasteiger partial charge in [0.1, 0.15) is 6.04 Å². The molecule has 0 spiro atoms. The molecule has 1 saturated carbocycles. The maximum atomic E-state index is 10.8. The highest BCUT2D eigenvalue weighted by Gasteiger charge is 2.57. The van der Waals surface area contributed by atoms with E-state index in [1.165, 1.54) is 0 Å². The summed E-state index contributed by atoms with van der Waals surface area (Å²) in [5.41, 5.74) is 5.42. The van der Waals surface area contributed by atoms with Crippen LogP contribution in [0.1, 0.15) is 25.7 Å². The normalized spacial score (nSPS) is 32.8. The minimum absolute atomic E-state index is 0.0959. The van der Waals surface area contributed by atoms with Crippen molar-refractivity contribution in [3.8, 4) is 0 Å². The summed E-state index contributed by atoms with van der Waals surface area (Å²) in [5.74, 6) is -0.895. The van der Waals surface area contributed by atoms with Gasteiger partial charge < -0.3 is 15.6 Å². The number of carboxylic acid groups (broad SMARTS) is 1. The molecule has 0 bridgehead atoms. The Labute approximate surface area is 77.1 Å². The van der Waals surface area contributed by atoms with Crippen LogP contribution in [0.3, 0.4) is 0 Å². The highest BCUT2D eigenvalue weighted by molar-refractivity contribution is 5.75. The zero-order chi connectivity index (χ0) is 9.47. The molecule has 74 valence electrons. The van der Waals surface area contributed by atoms with Crippen LogP contribution in [0.2, 0.25) is 0 Å². The van der Waals surface area contributed by atoms with Gasteiger partial charge in [0, 0.05) is 12.0 Å². The molecular formula is C9H15NO3. The lowest BCUT2D eigenvalue weighted by atomic mass is 9.89. The molecule has 1 saturated heterocycles. The average molecular weight is 185 g/mol. The predicted octanol–water partition coefficient (Wildman–Crippen LogP) is 0.357. The van der Waals surface area contributed by atoms with E-state index in [4.69, 9.17) is 15.6 Å². The van der Waals surface area contributed by atoms with E-state index in [1.807, 2.05) is 0 Å². The van der Waals surface area contributed by atoms with Gasteiger partial charge in [-0.25, -0.2) is 0 Å². The van der Waals surface area contributed by atoms with Crippen molar-refractivity contribution >= 4 is 5.97 Å². The summed E-state index contributed by atoms with van der Waals surface area (Å²) in [6.07, 6.45) is 3.93.